The van der Waals surface area contributed by atoms with Crippen molar-refractivity contribution >= 4 is 16.1 Å². The Hall–Kier alpha value is -1.81. The zero-order valence-corrected chi connectivity index (χ0v) is 15.4. The number of halogens is 3. The highest BCUT2D eigenvalue weighted by molar-refractivity contribution is 7.89. The highest BCUT2D eigenvalue weighted by Crippen LogP contribution is 2.30. The molecule has 6 nitrogen and oxygen atoms in total. The van der Waals surface area contributed by atoms with Crippen molar-refractivity contribution in [3.63, 3.8) is 0 Å². The van der Waals surface area contributed by atoms with Crippen molar-refractivity contribution in [3.8, 4) is 0 Å². The molecule has 0 radical (unpaired) electrons. The van der Waals surface area contributed by atoms with Gasteiger partial charge in [-0.1, -0.05) is 13.8 Å². The zero-order valence-electron chi connectivity index (χ0n) is 14.6. The van der Waals surface area contributed by atoms with Gasteiger partial charge >= 0.3 is 12.2 Å². The van der Waals surface area contributed by atoms with E-state index in [2.05, 4.69) is 5.32 Å². The fraction of sp³-hybridized carbons (Fsp3) is 0.562. The van der Waals surface area contributed by atoms with Crippen molar-refractivity contribution in [1.82, 2.24) is 14.5 Å². The maximum atomic E-state index is 12.6. The molecule has 2 amide bonds. The van der Waals surface area contributed by atoms with Crippen LogP contribution in [0.25, 0.3) is 0 Å². The number of piperazine rings is 1. The first-order valence-electron chi connectivity index (χ1n) is 8.22. The van der Waals surface area contributed by atoms with E-state index in [9.17, 15) is 26.4 Å². The second-order valence-corrected chi connectivity index (χ2v) is 8.43. The van der Waals surface area contributed by atoms with E-state index in [0.717, 1.165) is 24.3 Å². The number of carbonyl (C=O) groups excluding carboxylic acids is 1. The first kappa shape index (κ1) is 20.5. The largest absolute Gasteiger partial charge is 0.416 e. The molecule has 2 rings (SSSR count). The second-order valence-electron chi connectivity index (χ2n) is 6.49. The number of hydrogen-bond acceptors (Lipinski definition) is 3. The van der Waals surface area contributed by atoms with Gasteiger partial charge in [0.1, 0.15) is 0 Å². The fourth-order valence-corrected chi connectivity index (χ4v) is 3.92. The Balaban J connectivity index is 2.00. The van der Waals surface area contributed by atoms with Crippen molar-refractivity contribution in [2.75, 3.05) is 32.7 Å². The maximum Gasteiger partial charge on any atom is 0.416 e. The molecule has 1 aromatic rings. The smallest absolute Gasteiger partial charge is 0.338 e. The molecule has 0 bridgehead atoms. The molecule has 1 N–H and O–H groups in total. The van der Waals surface area contributed by atoms with Gasteiger partial charge in [-0.05, 0) is 30.2 Å². The first-order chi connectivity index (χ1) is 12.0. The second kappa shape index (κ2) is 7.83. The molecule has 146 valence electrons. The Morgan fingerprint density at radius 2 is 1.65 bits per heavy atom. The summed E-state index contributed by atoms with van der Waals surface area (Å²) in [6.07, 6.45) is -4.52. The summed E-state index contributed by atoms with van der Waals surface area (Å²) in [5.74, 6) is 0.306. The molecular weight excluding hydrogens is 371 g/mol. The average Bonchev–Trinajstić information content (AvgIpc) is 2.59. The van der Waals surface area contributed by atoms with Gasteiger partial charge in [0.2, 0.25) is 10.0 Å². The third kappa shape index (κ3) is 4.88. The van der Waals surface area contributed by atoms with E-state index in [1.165, 1.54) is 9.21 Å². The minimum absolute atomic E-state index is 0.0957. The SMILES string of the molecule is CC(C)CNC(=O)N1CCN(S(=O)(=O)c2ccc(C(F)(F)F)cc2)CC1. The van der Waals surface area contributed by atoms with Gasteiger partial charge in [0.05, 0.1) is 10.5 Å². The minimum atomic E-state index is -4.52. The first-order valence-corrected chi connectivity index (χ1v) is 9.66. The maximum absolute atomic E-state index is 12.6. The van der Waals surface area contributed by atoms with Crippen molar-refractivity contribution in [2.24, 2.45) is 5.92 Å². The van der Waals surface area contributed by atoms with Gasteiger partial charge in [0.15, 0.2) is 0 Å². The summed E-state index contributed by atoms with van der Waals surface area (Å²) in [6.45, 7) is 5.11. The molecule has 26 heavy (non-hydrogen) atoms. The molecule has 1 heterocycles. The Bertz CT molecular complexity index is 725. The Morgan fingerprint density at radius 3 is 2.12 bits per heavy atom. The fourth-order valence-electron chi connectivity index (χ4n) is 2.50. The van der Waals surface area contributed by atoms with Crippen molar-refractivity contribution < 1.29 is 26.4 Å². The number of alkyl halides is 3. The van der Waals surface area contributed by atoms with Crippen LogP contribution in [0.5, 0.6) is 0 Å². The highest BCUT2D eigenvalue weighted by atomic mass is 32.2. The average molecular weight is 393 g/mol. The number of rotatable bonds is 4. The summed E-state index contributed by atoms with van der Waals surface area (Å²) in [5.41, 5.74) is -0.900. The minimum Gasteiger partial charge on any atom is -0.338 e. The van der Waals surface area contributed by atoms with Gasteiger partial charge in [-0.25, -0.2) is 13.2 Å². The van der Waals surface area contributed by atoms with Crippen LogP contribution in [0.4, 0.5) is 18.0 Å². The summed E-state index contributed by atoms with van der Waals surface area (Å²) >= 11 is 0. The molecule has 0 unspecified atom stereocenters. The van der Waals surface area contributed by atoms with Crippen LogP contribution in [0.1, 0.15) is 19.4 Å². The third-order valence-electron chi connectivity index (χ3n) is 4.01. The van der Waals surface area contributed by atoms with Gasteiger partial charge in [-0.2, -0.15) is 17.5 Å². The van der Waals surface area contributed by atoms with E-state index in [0.29, 0.717) is 12.5 Å². The Labute approximate surface area is 151 Å². The topological polar surface area (TPSA) is 69.7 Å². The Morgan fingerprint density at radius 1 is 1.12 bits per heavy atom. The van der Waals surface area contributed by atoms with E-state index in [-0.39, 0.29) is 37.1 Å². The molecule has 1 aliphatic heterocycles. The molecule has 1 fully saturated rings. The normalized spacial score (nSPS) is 16.8. The molecule has 0 spiro atoms. The van der Waals surface area contributed by atoms with Crippen LogP contribution < -0.4 is 5.32 Å². The van der Waals surface area contributed by atoms with Crippen molar-refractivity contribution in [3.05, 3.63) is 29.8 Å². The number of benzene rings is 1. The lowest BCUT2D eigenvalue weighted by Gasteiger charge is -2.34. The summed E-state index contributed by atoms with van der Waals surface area (Å²) in [4.78, 5) is 13.3. The standard InChI is InChI=1S/C16H22F3N3O3S/c1-12(2)11-20-15(23)21-7-9-22(10-8-21)26(24,25)14-5-3-13(4-6-14)16(17,18)19/h3-6,12H,7-11H2,1-2H3,(H,20,23). The molecule has 1 aliphatic rings. The number of hydrogen-bond donors (Lipinski definition) is 1. The van der Waals surface area contributed by atoms with Gasteiger partial charge in [-0.15, -0.1) is 0 Å². The van der Waals surface area contributed by atoms with Crippen LogP contribution in [-0.4, -0.2) is 56.4 Å². The monoisotopic (exact) mass is 393 g/mol. The van der Waals surface area contributed by atoms with E-state index in [1.807, 2.05) is 13.8 Å². The number of nitrogens with one attached hydrogen (secondary N) is 1. The summed E-state index contributed by atoms with van der Waals surface area (Å²) in [7, 11) is -3.89. The molecular formula is C16H22F3N3O3S. The molecule has 0 saturated carbocycles. The number of carbonyl (C=O) groups is 1. The van der Waals surface area contributed by atoms with Crippen LogP contribution in [-0.2, 0) is 16.2 Å². The highest BCUT2D eigenvalue weighted by Gasteiger charge is 2.33. The van der Waals surface area contributed by atoms with E-state index >= 15 is 0 Å². The molecule has 0 aromatic heterocycles. The predicted octanol–water partition coefficient (Wildman–Crippen LogP) is 2.38. The predicted molar refractivity (Wildman–Crippen MR) is 90.0 cm³/mol. The molecule has 0 atom stereocenters. The quantitative estimate of drug-likeness (QED) is 0.854. The van der Waals surface area contributed by atoms with Gasteiger partial charge < -0.3 is 10.2 Å². The molecule has 1 saturated heterocycles. The van der Waals surface area contributed by atoms with Crippen LogP contribution >= 0.6 is 0 Å². The number of nitrogens with zero attached hydrogens (tertiary/aromatic N) is 2. The van der Waals surface area contributed by atoms with Crippen molar-refractivity contribution in [2.45, 2.75) is 24.9 Å². The van der Waals surface area contributed by atoms with E-state index in [1.54, 1.807) is 0 Å². The lowest BCUT2D eigenvalue weighted by Crippen LogP contribution is -2.53. The van der Waals surface area contributed by atoms with Gasteiger partial charge in [0, 0.05) is 32.7 Å². The van der Waals surface area contributed by atoms with Crippen LogP contribution in [0, 0.1) is 5.92 Å². The lowest BCUT2D eigenvalue weighted by molar-refractivity contribution is -0.137. The van der Waals surface area contributed by atoms with E-state index < -0.39 is 21.8 Å². The summed E-state index contributed by atoms with van der Waals surface area (Å²) < 4.78 is 64.1. The van der Waals surface area contributed by atoms with Crippen LogP contribution in [0.15, 0.2) is 29.2 Å². The Kier molecular flexibility index (Phi) is 6.17. The van der Waals surface area contributed by atoms with Crippen LogP contribution in [0.3, 0.4) is 0 Å². The molecule has 10 heteroatoms. The molecule has 1 aromatic carbocycles. The van der Waals surface area contributed by atoms with Gasteiger partial charge in [0.25, 0.3) is 0 Å². The van der Waals surface area contributed by atoms with Crippen molar-refractivity contribution in [1.29, 1.82) is 0 Å². The number of amides is 2. The molecule has 0 aliphatic carbocycles. The number of urea groups is 1. The van der Waals surface area contributed by atoms with E-state index in [4.69, 9.17) is 0 Å². The summed E-state index contributed by atoms with van der Waals surface area (Å²) in [5, 5.41) is 2.77. The number of sulfonamides is 1. The van der Waals surface area contributed by atoms with Gasteiger partial charge in [-0.3, -0.25) is 0 Å². The lowest BCUT2D eigenvalue weighted by atomic mass is 10.2. The summed E-state index contributed by atoms with van der Waals surface area (Å²) in [6, 6.07) is 3.18. The third-order valence-corrected chi connectivity index (χ3v) is 5.92. The van der Waals surface area contributed by atoms with Crippen LogP contribution in [0.2, 0.25) is 0 Å². The zero-order chi connectivity index (χ0) is 19.5.